The van der Waals surface area contributed by atoms with Gasteiger partial charge in [-0.15, -0.1) is 35.3 Å². The second-order valence-corrected chi connectivity index (χ2v) is 7.37. The predicted octanol–water partition coefficient (Wildman–Crippen LogP) is 3.87. The van der Waals surface area contributed by atoms with Crippen LogP contribution in [-0.2, 0) is 12.8 Å². The quantitative estimate of drug-likeness (QED) is 0.236. The van der Waals surface area contributed by atoms with Crippen LogP contribution in [0.3, 0.4) is 0 Å². The first-order valence-electron chi connectivity index (χ1n) is 8.17. The third kappa shape index (κ3) is 9.76. The molecule has 0 unspecified atom stereocenters. The second kappa shape index (κ2) is 14.3. The number of rotatable bonds is 10. The van der Waals surface area contributed by atoms with Crippen LogP contribution < -0.4 is 10.6 Å². The van der Waals surface area contributed by atoms with E-state index in [1.165, 1.54) is 27.8 Å². The molecular formula is C16H31IN4S2. The minimum Gasteiger partial charge on any atom is -0.357 e. The number of guanidine groups is 1. The van der Waals surface area contributed by atoms with Gasteiger partial charge in [0.2, 0.25) is 0 Å². The summed E-state index contributed by atoms with van der Waals surface area (Å²) in [5.41, 5.74) is 1.24. The highest BCUT2D eigenvalue weighted by molar-refractivity contribution is 14.0. The van der Waals surface area contributed by atoms with Gasteiger partial charge in [0.1, 0.15) is 0 Å². The Kier molecular flexibility index (Phi) is 14.3. The Morgan fingerprint density at radius 2 is 2.04 bits per heavy atom. The maximum atomic E-state index is 4.68. The lowest BCUT2D eigenvalue weighted by Crippen LogP contribution is -2.38. The molecule has 23 heavy (non-hydrogen) atoms. The molecule has 4 nitrogen and oxygen atoms in total. The van der Waals surface area contributed by atoms with Crippen molar-refractivity contribution in [2.75, 3.05) is 31.6 Å². The minimum absolute atomic E-state index is 0. The van der Waals surface area contributed by atoms with Gasteiger partial charge in [0, 0.05) is 30.9 Å². The lowest BCUT2D eigenvalue weighted by molar-refractivity contribution is 0.768. The average molecular weight is 470 g/mol. The molecule has 0 spiro atoms. The van der Waals surface area contributed by atoms with Crippen molar-refractivity contribution in [3.8, 4) is 0 Å². The Morgan fingerprint density at radius 3 is 2.65 bits per heavy atom. The summed E-state index contributed by atoms with van der Waals surface area (Å²) in [7, 11) is 0. The molecule has 0 fully saturated rings. The Hall–Kier alpha value is -0.0200. The summed E-state index contributed by atoms with van der Waals surface area (Å²) < 4.78 is 0. The molecule has 0 amide bonds. The fourth-order valence-corrected chi connectivity index (χ4v) is 3.62. The maximum absolute atomic E-state index is 4.68. The fraction of sp³-hybridized carbons (Fsp3) is 0.750. The fourth-order valence-electron chi connectivity index (χ4n) is 2.10. The van der Waals surface area contributed by atoms with E-state index in [1.807, 2.05) is 23.1 Å². The predicted molar refractivity (Wildman–Crippen MR) is 117 cm³/mol. The van der Waals surface area contributed by atoms with Gasteiger partial charge in [-0.1, -0.05) is 6.92 Å². The van der Waals surface area contributed by atoms with Gasteiger partial charge < -0.3 is 10.6 Å². The van der Waals surface area contributed by atoms with E-state index in [0.717, 1.165) is 44.9 Å². The van der Waals surface area contributed by atoms with Gasteiger partial charge in [-0.25, -0.2) is 4.98 Å². The van der Waals surface area contributed by atoms with E-state index in [-0.39, 0.29) is 24.0 Å². The van der Waals surface area contributed by atoms with Crippen molar-refractivity contribution < 1.29 is 0 Å². The van der Waals surface area contributed by atoms with Crippen LogP contribution in [0.1, 0.15) is 42.3 Å². The van der Waals surface area contributed by atoms with Gasteiger partial charge in [-0.05, 0) is 45.1 Å². The summed E-state index contributed by atoms with van der Waals surface area (Å²) in [4.78, 5) is 10.7. The normalized spacial score (nSPS) is 11.2. The number of hydrogen-bond acceptors (Lipinski definition) is 4. The van der Waals surface area contributed by atoms with Gasteiger partial charge in [-0.2, -0.15) is 11.8 Å². The highest BCUT2D eigenvalue weighted by atomic mass is 127. The van der Waals surface area contributed by atoms with Crippen LogP contribution in [0, 0.1) is 6.92 Å². The Morgan fingerprint density at radius 1 is 1.26 bits per heavy atom. The highest BCUT2D eigenvalue weighted by Gasteiger charge is 2.06. The largest absolute Gasteiger partial charge is 0.357 e. The van der Waals surface area contributed by atoms with E-state index in [1.54, 1.807) is 0 Å². The Labute approximate surface area is 166 Å². The van der Waals surface area contributed by atoms with E-state index in [9.17, 15) is 0 Å². The number of aliphatic imine (C=N–C) groups is 1. The van der Waals surface area contributed by atoms with E-state index in [0.29, 0.717) is 0 Å². The molecule has 0 aromatic carbocycles. The molecule has 1 rings (SSSR count). The molecule has 0 atom stereocenters. The standard InChI is InChI=1S/C16H30N4S2.HI/c1-5-14-13(3)22-15(20-14)9-11-19-16(17-6-2)18-10-7-8-12-21-4;/h5-12H2,1-4H3,(H2,17,18,19);1H. The minimum atomic E-state index is 0. The number of thiazole rings is 1. The lowest BCUT2D eigenvalue weighted by atomic mass is 10.3. The van der Waals surface area contributed by atoms with Crippen LogP contribution in [0.4, 0.5) is 0 Å². The summed E-state index contributed by atoms with van der Waals surface area (Å²) in [5.74, 6) is 2.15. The van der Waals surface area contributed by atoms with Gasteiger partial charge in [0.05, 0.1) is 10.7 Å². The zero-order valence-electron chi connectivity index (χ0n) is 14.8. The van der Waals surface area contributed by atoms with E-state index in [4.69, 9.17) is 0 Å². The van der Waals surface area contributed by atoms with Crippen LogP contribution in [0.2, 0.25) is 0 Å². The number of aryl methyl sites for hydroxylation is 2. The molecule has 0 aliphatic carbocycles. The lowest BCUT2D eigenvalue weighted by Gasteiger charge is -2.10. The van der Waals surface area contributed by atoms with Crippen molar-refractivity contribution in [2.24, 2.45) is 4.99 Å². The van der Waals surface area contributed by atoms with Crippen molar-refractivity contribution >= 4 is 53.0 Å². The first-order chi connectivity index (χ1) is 10.7. The monoisotopic (exact) mass is 470 g/mol. The summed E-state index contributed by atoms with van der Waals surface area (Å²) >= 11 is 3.72. The summed E-state index contributed by atoms with van der Waals surface area (Å²) in [6, 6.07) is 0. The molecule has 0 saturated heterocycles. The third-order valence-corrected chi connectivity index (χ3v) is 5.04. The van der Waals surface area contributed by atoms with Gasteiger partial charge in [0.25, 0.3) is 0 Å². The van der Waals surface area contributed by atoms with E-state index in [2.05, 4.69) is 47.6 Å². The van der Waals surface area contributed by atoms with Crippen LogP contribution >= 0.6 is 47.1 Å². The highest BCUT2D eigenvalue weighted by Crippen LogP contribution is 2.17. The number of nitrogens with one attached hydrogen (secondary N) is 2. The molecule has 134 valence electrons. The molecule has 1 aromatic heterocycles. The number of nitrogens with zero attached hydrogens (tertiary/aromatic N) is 2. The second-order valence-electron chi connectivity index (χ2n) is 5.10. The molecule has 1 heterocycles. The van der Waals surface area contributed by atoms with Gasteiger partial charge in [-0.3, -0.25) is 4.99 Å². The zero-order valence-corrected chi connectivity index (χ0v) is 18.7. The number of unbranched alkanes of at least 4 members (excludes halogenated alkanes) is 1. The molecular weight excluding hydrogens is 439 g/mol. The van der Waals surface area contributed by atoms with Crippen molar-refractivity contribution in [3.05, 3.63) is 15.6 Å². The smallest absolute Gasteiger partial charge is 0.191 e. The van der Waals surface area contributed by atoms with Crippen LogP contribution in [-0.4, -0.2) is 42.6 Å². The molecule has 2 N–H and O–H groups in total. The summed E-state index contributed by atoms with van der Waals surface area (Å²) in [5, 5.41) is 7.93. The summed E-state index contributed by atoms with van der Waals surface area (Å²) in [6.07, 6.45) is 6.53. The molecule has 0 bridgehead atoms. The molecule has 0 radical (unpaired) electrons. The Balaban J connectivity index is 0.00000484. The first-order valence-corrected chi connectivity index (χ1v) is 10.4. The molecule has 0 aliphatic heterocycles. The topological polar surface area (TPSA) is 49.3 Å². The Bertz CT molecular complexity index is 449. The van der Waals surface area contributed by atoms with Crippen LogP contribution in [0.25, 0.3) is 0 Å². The zero-order chi connectivity index (χ0) is 16.2. The third-order valence-electron chi connectivity index (χ3n) is 3.27. The van der Waals surface area contributed by atoms with Crippen molar-refractivity contribution in [1.82, 2.24) is 15.6 Å². The number of halogens is 1. The van der Waals surface area contributed by atoms with Crippen molar-refractivity contribution in [2.45, 2.75) is 46.5 Å². The SMILES string of the molecule is CCNC(=NCCCCSC)NCCc1nc(CC)c(C)s1.I. The average Bonchev–Trinajstić information content (AvgIpc) is 2.87. The first kappa shape index (κ1) is 23.0. The van der Waals surface area contributed by atoms with Crippen LogP contribution in [0.5, 0.6) is 0 Å². The van der Waals surface area contributed by atoms with Crippen LogP contribution in [0.15, 0.2) is 4.99 Å². The maximum Gasteiger partial charge on any atom is 0.191 e. The molecule has 0 aliphatic rings. The van der Waals surface area contributed by atoms with E-state index >= 15 is 0 Å². The molecule has 1 aromatic rings. The van der Waals surface area contributed by atoms with Crippen molar-refractivity contribution in [1.29, 1.82) is 0 Å². The molecule has 0 saturated carbocycles. The number of aromatic nitrogens is 1. The van der Waals surface area contributed by atoms with E-state index < -0.39 is 0 Å². The number of hydrogen-bond donors (Lipinski definition) is 2. The van der Waals surface area contributed by atoms with Gasteiger partial charge >= 0.3 is 0 Å². The van der Waals surface area contributed by atoms with Crippen molar-refractivity contribution in [3.63, 3.8) is 0 Å². The number of thioether (sulfide) groups is 1. The van der Waals surface area contributed by atoms with Gasteiger partial charge in [0.15, 0.2) is 5.96 Å². The molecule has 7 heteroatoms. The summed E-state index contributed by atoms with van der Waals surface area (Å²) in [6.45, 7) is 9.10.